The first-order valence-electron chi connectivity index (χ1n) is 8.66. The zero-order chi connectivity index (χ0) is 16.9. The van der Waals surface area contributed by atoms with Gasteiger partial charge in [0.25, 0.3) is 0 Å². The molecule has 0 unspecified atom stereocenters. The van der Waals surface area contributed by atoms with Crippen molar-refractivity contribution in [3.8, 4) is 0 Å². The predicted molar refractivity (Wildman–Crippen MR) is 92.7 cm³/mol. The number of piperazine rings is 1. The van der Waals surface area contributed by atoms with Gasteiger partial charge in [0.05, 0.1) is 52.2 Å². The fourth-order valence-electron chi connectivity index (χ4n) is 3.02. The highest BCUT2D eigenvalue weighted by atomic mass is 32.2. The summed E-state index contributed by atoms with van der Waals surface area (Å²) in [5, 5.41) is 9.48. The van der Waals surface area contributed by atoms with Gasteiger partial charge >= 0.3 is 0 Å². The van der Waals surface area contributed by atoms with Crippen LogP contribution in [-0.2, 0) is 16.1 Å². The van der Waals surface area contributed by atoms with Crippen LogP contribution in [0.2, 0.25) is 0 Å². The molecule has 0 aromatic carbocycles. The van der Waals surface area contributed by atoms with Gasteiger partial charge in [-0.05, 0) is 6.92 Å². The van der Waals surface area contributed by atoms with Crippen molar-refractivity contribution >= 4 is 23.6 Å². The molecule has 8 nitrogen and oxygen atoms in total. The molecule has 2 saturated heterocycles. The molecular formula is C15H27N6O2S+. The Morgan fingerprint density at radius 2 is 1.92 bits per heavy atom. The molecule has 134 valence electrons. The molecule has 0 spiro atoms. The molecule has 0 atom stereocenters. The molecule has 1 aromatic rings. The molecule has 24 heavy (non-hydrogen) atoms. The van der Waals surface area contributed by atoms with Crippen molar-refractivity contribution in [1.82, 2.24) is 19.7 Å². The number of carbonyl (C=O) groups is 1. The summed E-state index contributed by atoms with van der Waals surface area (Å²) in [4.78, 5) is 18.1. The van der Waals surface area contributed by atoms with Crippen LogP contribution in [0.15, 0.2) is 5.16 Å². The van der Waals surface area contributed by atoms with E-state index in [1.54, 1.807) is 0 Å². The lowest BCUT2D eigenvalue weighted by Gasteiger charge is -2.30. The Kier molecular flexibility index (Phi) is 5.96. The maximum atomic E-state index is 12.4. The Morgan fingerprint density at radius 3 is 2.58 bits per heavy atom. The van der Waals surface area contributed by atoms with Gasteiger partial charge in [-0.1, -0.05) is 11.8 Å². The Labute approximate surface area is 147 Å². The lowest BCUT2D eigenvalue weighted by molar-refractivity contribution is -0.883. The summed E-state index contributed by atoms with van der Waals surface area (Å²) < 4.78 is 7.49. The molecule has 1 aromatic heterocycles. The fraction of sp³-hybridized carbons (Fsp3) is 0.800. The van der Waals surface area contributed by atoms with Gasteiger partial charge in [0.1, 0.15) is 0 Å². The molecule has 0 aliphatic carbocycles. The maximum absolute atomic E-state index is 12.4. The molecule has 0 saturated carbocycles. The van der Waals surface area contributed by atoms with Crippen LogP contribution < -0.4 is 9.80 Å². The topological polar surface area (TPSA) is 67.9 Å². The maximum Gasteiger partial charge on any atom is 0.233 e. The normalized spacial score (nSPS) is 19.8. The van der Waals surface area contributed by atoms with Crippen LogP contribution in [0.3, 0.4) is 0 Å². The molecule has 3 heterocycles. The van der Waals surface area contributed by atoms with Crippen LogP contribution in [0, 0.1) is 0 Å². The SMILES string of the molecule is CCn1c(SCC(=O)N2CC[NH+](C)CC2)nnc1N1CCOCC1. The third kappa shape index (κ3) is 4.01. The first kappa shape index (κ1) is 17.5. The van der Waals surface area contributed by atoms with Crippen molar-refractivity contribution in [3.63, 3.8) is 0 Å². The quantitative estimate of drug-likeness (QED) is 0.654. The van der Waals surface area contributed by atoms with Gasteiger partial charge in [-0.15, -0.1) is 10.2 Å². The van der Waals surface area contributed by atoms with Gasteiger partial charge in [-0.25, -0.2) is 0 Å². The van der Waals surface area contributed by atoms with Crippen molar-refractivity contribution < 1.29 is 14.4 Å². The largest absolute Gasteiger partial charge is 0.378 e. The monoisotopic (exact) mass is 355 g/mol. The number of nitrogens with zero attached hydrogens (tertiary/aromatic N) is 5. The van der Waals surface area contributed by atoms with Crippen molar-refractivity contribution in [1.29, 1.82) is 0 Å². The summed E-state index contributed by atoms with van der Waals surface area (Å²) in [6.45, 7) is 9.78. The molecule has 2 aliphatic heterocycles. The van der Waals surface area contributed by atoms with E-state index in [2.05, 4.69) is 33.6 Å². The molecule has 2 fully saturated rings. The van der Waals surface area contributed by atoms with Crippen molar-refractivity contribution in [2.24, 2.45) is 0 Å². The van der Waals surface area contributed by atoms with Crippen LogP contribution in [-0.4, -0.2) is 90.9 Å². The Bertz CT molecular complexity index is 552. The van der Waals surface area contributed by atoms with E-state index >= 15 is 0 Å². The van der Waals surface area contributed by atoms with E-state index in [4.69, 9.17) is 4.74 Å². The number of nitrogens with one attached hydrogen (secondary N) is 1. The predicted octanol–water partition coefficient (Wildman–Crippen LogP) is -1.42. The van der Waals surface area contributed by atoms with E-state index in [0.717, 1.165) is 70.1 Å². The van der Waals surface area contributed by atoms with Crippen LogP contribution in [0.4, 0.5) is 5.95 Å². The zero-order valence-corrected chi connectivity index (χ0v) is 15.3. The number of likely N-dealkylation sites (N-methyl/N-ethyl adjacent to an activating group) is 1. The van der Waals surface area contributed by atoms with Gasteiger partial charge in [-0.3, -0.25) is 9.36 Å². The number of amides is 1. The highest BCUT2D eigenvalue weighted by Gasteiger charge is 2.23. The number of anilines is 1. The number of quaternary nitrogens is 1. The number of hydrogen-bond acceptors (Lipinski definition) is 6. The van der Waals surface area contributed by atoms with E-state index in [1.807, 2.05) is 4.90 Å². The fourth-order valence-corrected chi connectivity index (χ4v) is 3.92. The number of ether oxygens (including phenoxy) is 1. The minimum Gasteiger partial charge on any atom is -0.378 e. The second-order valence-electron chi connectivity index (χ2n) is 6.25. The smallest absolute Gasteiger partial charge is 0.233 e. The van der Waals surface area contributed by atoms with Crippen molar-refractivity contribution in [2.75, 3.05) is 70.2 Å². The van der Waals surface area contributed by atoms with Crippen molar-refractivity contribution in [3.05, 3.63) is 0 Å². The van der Waals surface area contributed by atoms with Gasteiger partial charge in [0, 0.05) is 19.6 Å². The lowest BCUT2D eigenvalue weighted by atomic mass is 10.3. The second-order valence-corrected chi connectivity index (χ2v) is 7.20. The number of hydrogen-bond donors (Lipinski definition) is 1. The van der Waals surface area contributed by atoms with Gasteiger partial charge in [0.2, 0.25) is 11.9 Å². The minimum atomic E-state index is 0.200. The van der Waals surface area contributed by atoms with Crippen LogP contribution >= 0.6 is 11.8 Å². The average molecular weight is 355 g/mol. The Balaban J connectivity index is 1.58. The molecule has 1 N–H and O–H groups in total. The van der Waals surface area contributed by atoms with Gasteiger partial charge in [0.15, 0.2) is 5.16 Å². The molecule has 3 rings (SSSR count). The van der Waals surface area contributed by atoms with Gasteiger partial charge in [-0.2, -0.15) is 0 Å². The van der Waals surface area contributed by atoms with Crippen LogP contribution in [0.5, 0.6) is 0 Å². The summed E-state index contributed by atoms with van der Waals surface area (Å²) in [5.41, 5.74) is 0. The zero-order valence-electron chi connectivity index (χ0n) is 14.5. The average Bonchev–Trinajstić information content (AvgIpc) is 3.04. The highest BCUT2D eigenvalue weighted by molar-refractivity contribution is 7.99. The minimum absolute atomic E-state index is 0.200. The molecule has 9 heteroatoms. The summed E-state index contributed by atoms with van der Waals surface area (Å²) in [7, 11) is 2.17. The number of carbonyl (C=O) groups excluding carboxylic acids is 1. The molecule has 2 aliphatic rings. The first-order valence-corrected chi connectivity index (χ1v) is 9.65. The summed E-state index contributed by atoms with van der Waals surface area (Å²) in [5.74, 6) is 1.52. The molecule has 0 bridgehead atoms. The standard InChI is InChI=1S/C15H26N6O2S/c1-3-21-14(20-8-10-23-11-9-20)16-17-15(21)24-12-13(22)19-6-4-18(2)5-7-19/h3-12H2,1-2H3/p+1. The number of aromatic nitrogens is 3. The molecule has 1 amide bonds. The lowest BCUT2D eigenvalue weighted by Crippen LogP contribution is -3.12. The summed E-state index contributed by atoms with van der Waals surface area (Å²) in [6, 6.07) is 0. The summed E-state index contributed by atoms with van der Waals surface area (Å²) in [6.07, 6.45) is 0. The first-order chi connectivity index (χ1) is 11.7. The Morgan fingerprint density at radius 1 is 1.21 bits per heavy atom. The molecular weight excluding hydrogens is 328 g/mol. The third-order valence-electron chi connectivity index (χ3n) is 4.60. The number of morpholine rings is 1. The van der Waals surface area contributed by atoms with E-state index in [1.165, 1.54) is 16.7 Å². The van der Waals surface area contributed by atoms with E-state index in [9.17, 15) is 4.79 Å². The van der Waals surface area contributed by atoms with Crippen LogP contribution in [0.1, 0.15) is 6.92 Å². The second kappa shape index (κ2) is 8.17. The highest BCUT2D eigenvalue weighted by Crippen LogP contribution is 2.22. The summed E-state index contributed by atoms with van der Waals surface area (Å²) >= 11 is 1.49. The Hall–Kier alpha value is -1.32. The van der Waals surface area contributed by atoms with E-state index in [0.29, 0.717) is 5.75 Å². The van der Waals surface area contributed by atoms with E-state index in [-0.39, 0.29) is 5.91 Å². The number of thioether (sulfide) groups is 1. The van der Waals surface area contributed by atoms with Crippen LogP contribution in [0.25, 0.3) is 0 Å². The van der Waals surface area contributed by atoms with E-state index < -0.39 is 0 Å². The van der Waals surface area contributed by atoms with Gasteiger partial charge < -0.3 is 19.4 Å². The molecule has 0 radical (unpaired) electrons. The number of rotatable bonds is 5. The van der Waals surface area contributed by atoms with Crippen molar-refractivity contribution in [2.45, 2.75) is 18.6 Å². The third-order valence-corrected chi connectivity index (χ3v) is 5.55.